The minimum Gasteiger partial charge on any atom is -0.480 e. The molecule has 0 radical (unpaired) electrons. The molecule has 3 heterocycles. The normalized spacial score (nSPS) is 15.5. The third kappa shape index (κ3) is 3.34. The summed E-state index contributed by atoms with van der Waals surface area (Å²) in [5.41, 5.74) is 1.59. The van der Waals surface area contributed by atoms with Gasteiger partial charge in [0.2, 0.25) is 0 Å². The monoisotopic (exact) mass is 331 g/mol. The average Bonchev–Trinajstić information content (AvgIpc) is 2.99. The van der Waals surface area contributed by atoms with E-state index < -0.39 is 0 Å². The molecule has 3 rings (SSSR count). The summed E-state index contributed by atoms with van der Waals surface area (Å²) in [5.74, 6) is 0.202. The molecule has 1 aliphatic rings. The van der Waals surface area contributed by atoms with Crippen LogP contribution in [0.15, 0.2) is 24.5 Å². The zero-order chi connectivity index (χ0) is 17.1. The van der Waals surface area contributed by atoms with E-state index in [0.29, 0.717) is 37.3 Å². The number of ether oxygens (including phenoxy) is 2. The largest absolute Gasteiger partial charge is 0.480 e. The summed E-state index contributed by atoms with van der Waals surface area (Å²) in [6, 6.07) is 3.66. The molecule has 7 nitrogen and oxygen atoms in total. The van der Waals surface area contributed by atoms with Crippen LogP contribution < -0.4 is 4.74 Å². The first-order valence-corrected chi connectivity index (χ1v) is 8.01. The first kappa shape index (κ1) is 16.3. The van der Waals surface area contributed by atoms with Gasteiger partial charge in [-0.2, -0.15) is 0 Å². The number of carbonyl (C=O) groups excluding carboxylic acids is 2. The second kappa shape index (κ2) is 6.90. The topological polar surface area (TPSA) is 73.1 Å². The van der Waals surface area contributed by atoms with E-state index in [1.807, 2.05) is 29.8 Å². The summed E-state index contributed by atoms with van der Waals surface area (Å²) in [6.45, 7) is 2.98. The molecule has 1 aliphatic heterocycles. The number of carbonyl (C=O) groups is 2. The number of piperidine rings is 1. The summed E-state index contributed by atoms with van der Waals surface area (Å²) in [6.07, 6.45) is 5.06. The lowest BCUT2D eigenvalue weighted by Crippen LogP contribution is -2.42. The molecule has 1 amide bonds. The molecule has 0 aliphatic carbocycles. The second-order valence-electron chi connectivity index (χ2n) is 5.95. The SMILES string of the molecule is COC(=O)C1CCN(C(=O)COc2cccn3cc(C)nc23)CC1. The highest BCUT2D eigenvalue weighted by Gasteiger charge is 2.28. The van der Waals surface area contributed by atoms with Gasteiger partial charge in [0.15, 0.2) is 18.0 Å². The molecule has 0 spiro atoms. The number of nitrogens with zero attached hydrogens (tertiary/aromatic N) is 3. The van der Waals surface area contributed by atoms with Crippen LogP contribution >= 0.6 is 0 Å². The van der Waals surface area contributed by atoms with Gasteiger partial charge < -0.3 is 18.8 Å². The van der Waals surface area contributed by atoms with Gasteiger partial charge in [0.25, 0.3) is 5.91 Å². The molecule has 2 aromatic rings. The van der Waals surface area contributed by atoms with Crippen molar-refractivity contribution in [2.75, 3.05) is 26.8 Å². The number of fused-ring (bicyclic) bond motifs is 1. The van der Waals surface area contributed by atoms with Crippen molar-refractivity contribution >= 4 is 17.5 Å². The Morgan fingerprint density at radius 2 is 2.08 bits per heavy atom. The van der Waals surface area contributed by atoms with Crippen LogP contribution in [0.5, 0.6) is 5.75 Å². The molecule has 128 valence electrons. The van der Waals surface area contributed by atoms with Gasteiger partial charge in [0, 0.05) is 25.5 Å². The van der Waals surface area contributed by atoms with E-state index in [-0.39, 0.29) is 24.4 Å². The Bertz CT molecular complexity index is 747. The Hall–Kier alpha value is -2.57. The van der Waals surface area contributed by atoms with E-state index in [1.54, 1.807) is 11.0 Å². The lowest BCUT2D eigenvalue weighted by molar-refractivity contribution is -0.149. The number of hydrogen-bond acceptors (Lipinski definition) is 5. The fraction of sp³-hybridized carbons (Fsp3) is 0.471. The predicted molar refractivity (Wildman–Crippen MR) is 86.7 cm³/mol. The molecule has 0 atom stereocenters. The van der Waals surface area contributed by atoms with Crippen LogP contribution in [0.4, 0.5) is 0 Å². The van der Waals surface area contributed by atoms with E-state index in [0.717, 1.165) is 5.69 Å². The van der Waals surface area contributed by atoms with Gasteiger partial charge in [0.1, 0.15) is 0 Å². The molecule has 0 aromatic carbocycles. The van der Waals surface area contributed by atoms with Crippen LogP contribution in [0.2, 0.25) is 0 Å². The molecule has 0 bridgehead atoms. The van der Waals surface area contributed by atoms with Gasteiger partial charge in [-0.1, -0.05) is 0 Å². The Balaban J connectivity index is 1.57. The van der Waals surface area contributed by atoms with Gasteiger partial charge in [-0.25, -0.2) is 4.98 Å². The Kier molecular flexibility index (Phi) is 4.69. The molecule has 2 aromatic heterocycles. The number of aryl methyl sites for hydroxylation is 1. The predicted octanol–water partition coefficient (Wildman–Crippen LogP) is 1.43. The first-order chi connectivity index (χ1) is 11.6. The number of esters is 1. The number of rotatable bonds is 4. The van der Waals surface area contributed by atoms with E-state index in [1.165, 1.54) is 7.11 Å². The van der Waals surface area contributed by atoms with Crippen LogP contribution in [-0.2, 0) is 14.3 Å². The number of pyridine rings is 1. The van der Waals surface area contributed by atoms with Crippen molar-refractivity contribution in [3.8, 4) is 5.75 Å². The summed E-state index contributed by atoms with van der Waals surface area (Å²) in [7, 11) is 1.39. The number of methoxy groups -OCH3 is 1. The van der Waals surface area contributed by atoms with Crippen LogP contribution in [0, 0.1) is 12.8 Å². The van der Waals surface area contributed by atoms with E-state index in [4.69, 9.17) is 9.47 Å². The zero-order valence-corrected chi connectivity index (χ0v) is 13.9. The number of imidazole rings is 1. The smallest absolute Gasteiger partial charge is 0.308 e. The van der Waals surface area contributed by atoms with E-state index >= 15 is 0 Å². The average molecular weight is 331 g/mol. The quantitative estimate of drug-likeness (QED) is 0.793. The number of amides is 1. The minimum atomic E-state index is -0.195. The standard InChI is InChI=1S/C17H21N3O4/c1-12-10-20-7-3-4-14(16(20)18-12)24-11-15(21)19-8-5-13(6-9-19)17(22)23-2/h3-4,7,10,13H,5-6,8-9,11H2,1-2H3. The minimum absolute atomic E-state index is 0.0333. The maximum Gasteiger partial charge on any atom is 0.308 e. The maximum atomic E-state index is 12.3. The summed E-state index contributed by atoms with van der Waals surface area (Å²) in [5, 5.41) is 0. The van der Waals surface area contributed by atoms with Crippen molar-refractivity contribution in [1.82, 2.24) is 14.3 Å². The van der Waals surface area contributed by atoms with Crippen molar-refractivity contribution < 1.29 is 19.1 Å². The lowest BCUT2D eigenvalue weighted by atomic mass is 9.97. The van der Waals surface area contributed by atoms with Crippen molar-refractivity contribution in [3.63, 3.8) is 0 Å². The molecule has 7 heteroatoms. The fourth-order valence-corrected chi connectivity index (χ4v) is 2.98. The number of hydrogen-bond donors (Lipinski definition) is 0. The first-order valence-electron chi connectivity index (χ1n) is 8.01. The summed E-state index contributed by atoms with van der Waals surface area (Å²) < 4.78 is 12.3. The van der Waals surface area contributed by atoms with Crippen LogP contribution in [-0.4, -0.2) is 53.0 Å². The molecule has 24 heavy (non-hydrogen) atoms. The highest BCUT2D eigenvalue weighted by Crippen LogP contribution is 2.21. The number of likely N-dealkylation sites (tertiary alicyclic amines) is 1. The summed E-state index contributed by atoms with van der Waals surface area (Å²) in [4.78, 5) is 30.0. The van der Waals surface area contributed by atoms with Gasteiger partial charge in [-0.05, 0) is 31.9 Å². The van der Waals surface area contributed by atoms with Crippen molar-refractivity contribution in [2.24, 2.45) is 5.92 Å². The summed E-state index contributed by atoms with van der Waals surface area (Å²) >= 11 is 0. The number of aromatic nitrogens is 2. The molecular formula is C17H21N3O4. The Labute approximate surface area is 140 Å². The molecule has 0 unspecified atom stereocenters. The third-order valence-electron chi connectivity index (χ3n) is 4.30. The maximum absolute atomic E-state index is 12.3. The molecule has 0 N–H and O–H groups in total. The zero-order valence-electron chi connectivity index (χ0n) is 13.9. The molecule has 0 saturated carbocycles. The highest BCUT2D eigenvalue weighted by molar-refractivity contribution is 5.79. The lowest BCUT2D eigenvalue weighted by Gasteiger charge is -2.30. The van der Waals surface area contributed by atoms with Gasteiger partial charge >= 0.3 is 5.97 Å². The van der Waals surface area contributed by atoms with Crippen molar-refractivity contribution in [3.05, 3.63) is 30.2 Å². The van der Waals surface area contributed by atoms with Crippen LogP contribution in [0.1, 0.15) is 18.5 Å². The van der Waals surface area contributed by atoms with Gasteiger partial charge in [-0.3, -0.25) is 9.59 Å². The van der Waals surface area contributed by atoms with Gasteiger partial charge in [-0.15, -0.1) is 0 Å². The van der Waals surface area contributed by atoms with Crippen molar-refractivity contribution in [1.29, 1.82) is 0 Å². The molecular weight excluding hydrogens is 310 g/mol. The van der Waals surface area contributed by atoms with Crippen LogP contribution in [0.25, 0.3) is 5.65 Å². The molecule has 1 saturated heterocycles. The van der Waals surface area contributed by atoms with E-state index in [9.17, 15) is 9.59 Å². The third-order valence-corrected chi connectivity index (χ3v) is 4.30. The Morgan fingerprint density at radius 1 is 1.33 bits per heavy atom. The highest BCUT2D eigenvalue weighted by atomic mass is 16.5. The van der Waals surface area contributed by atoms with Crippen molar-refractivity contribution in [2.45, 2.75) is 19.8 Å². The Morgan fingerprint density at radius 3 is 2.79 bits per heavy atom. The molecule has 1 fully saturated rings. The second-order valence-corrected chi connectivity index (χ2v) is 5.95. The fourth-order valence-electron chi connectivity index (χ4n) is 2.98. The van der Waals surface area contributed by atoms with Crippen LogP contribution in [0.3, 0.4) is 0 Å². The van der Waals surface area contributed by atoms with Gasteiger partial charge in [0.05, 0.1) is 18.7 Å². The van der Waals surface area contributed by atoms with E-state index in [2.05, 4.69) is 4.98 Å².